The molecule has 0 aliphatic heterocycles. The van der Waals surface area contributed by atoms with Gasteiger partial charge in [-0.15, -0.1) is 0 Å². The molecule has 1 aromatic carbocycles. The molecule has 0 heterocycles. The smallest absolute Gasteiger partial charge is 0.441 e. The van der Waals surface area contributed by atoms with Gasteiger partial charge in [0.1, 0.15) is 6.10 Å². The molecule has 2 nitrogen and oxygen atoms in total. The fourth-order valence-corrected chi connectivity index (χ4v) is 1.73. The van der Waals surface area contributed by atoms with Crippen LogP contribution in [0.4, 0.5) is 13.2 Å². The summed E-state index contributed by atoms with van der Waals surface area (Å²) in [6.07, 6.45) is -0.870. The maximum Gasteiger partial charge on any atom is 0.441 e. The number of hydrogen-bond donors (Lipinski definition) is 0. The van der Waals surface area contributed by atoms with Gasteiger partial charge in [-0.25, -0.2) is 0 Å². The Bertz CT molecular complexity index is 327. The van der Waals surface area contributed by atoms with E-state index in [-0.39, 0.29) is 24.0 Å². The van der Waals surface area contributed by atoms with Gasteiger partial charge in [-0.05, 0) is 17.3 Å². The van der Waals surface area contributed by atoms with Crippen molar-refractivity contribution in [2.24, 2.45) is 0 Å². The van der Waals surface area contributed by atoms with Gasteiger partial charge in [-0.2, -0.15) is 13.2 Å². The lowest BCUT2D eigenvalue weighted by atomic mass is 10.1. The van der Waals surface area contributed by atoms with Crippen LogP contribution in [0.5, 0.6) is 0 Å². The minimum Gasteiger partial charge on any atom is -0.459 e. The van der Waals surface area contributed by atoms with Gasteiger partial charge in [-0.3, -0.25) is 4.79 Å². The minimum atomic E-state index is -4.32. The maximum absolute atomic E-state index is 12.0. The highest BCUT2D eigenvalue weighted by atomic mass is 32.2. The van der Waals surface area contributed by atoms with E-state index in [0.29, 0.717) is 5.56 Å². The molecule has 1 unspecified atom stereocenters. The summed E-state index contributed by atoms with van der Waals surface area (Å²) in [7, 11) is 0. The van der Waals surface area contributed by atoms with Crippen LogP contribution in [-0.4, -0.2) is 17.7 Å². The topological polar surface area (TPSA) is 26.3 Å². The minimum absolute atomic E-state index is 0.161. The summed E-state index contributed by atoms with van der Waals surface area (Å²) < 4.78 is 40.6. The number of alkyl halides is 3. The van der Waals surface area contributed by atoms with Gasteiger partial charge in [0.25, 0.3) is 6.47 Å². The fourth-order valence-electron chi connectivity index (χ4n) is 1.12. The van der Waals surface area contributed by atoms with E-state index < -0.39 is 11.6 Å². The number of thioether (sulfide) groups is 1. The summed E-state index contributed by atoms with van der Waals surface area (Å²) in [5.74, 6) is -0.341. The Kier molecular flexibility index (Phi) is 4.67. The quantitative estimate of drug-likeness (QED) is 0.751. The first-order chi connectivity index (χ1) is 7.53. The maximum atomic E-state index is 12.0. The van der Waals surface area contributed by atoms with Crippen molar-refractivity contribution in [3.05, 3.63) is 35.9 Å². The standard InChI is InChI=1S/C10H9F3O2S/c11-10(12,13)16-6-9(15-7-14)8-4-2-1-3-5-8/h1-5,7,9H,6H2. The Hall–Kier alpha value is -1.17. The molecule has 1 rings (SSSR count). The first-order valence-electron chi connectivity index (χ1n) is 4.37. The molecule has 0 saturated heterocycles. The highest BCUT2D eigenvalue weighted by Gasteiger charge is 2.30. The summed E-state index contributed by atoms with van der Waals surface area (Å²) in [5, 5.41) is 0. The highest BCUT2D eigenvalue weighted by molar-refractivity contribution is 8.00. The third-order valence-electron chi connectivity index (χ3n) is 1.79. The van der Waals surface area contributed by atoms with Gasteiger partial charge in [0.2, 0.25) is 0 Å². The van der Waals surface area contributed by atoms with Crippen molar-refractivity contribution in [2.45, 2.75) is 11.6 Å². The van der Waals surface area contributed by atoms with Gasteiger partial charge < -0.3 is 4.74 Å². The van der Waals surface area contributed by atoms with Gasteiger partial charge in [0.15, 0.2) is 0 Å². The lowest BCUT2D eigenvalue weighted by Gasteiger charge is -2.15. The van der Waals surface area contributed by atoms with Gasteiger partial charge >= 0.3 is 5.51 Å². The van der Waals surface area contributed by atoms with Crippen LogP contribution in [0, 0.1) is 0 Å². The van der Waals surface area contributed by atoms with Gasteiger partial charge in [0.05, 0.1) is 0 Å². The fraction of sp³-hybridized carbons (Fsp3) is 0.300. The van der Waals surface area contributed by atoms with Crippen LogP contribution in [0.25, 0.3) is 0 Å². The molecule has 0 radical (unpaired) electrons. The van der Waals surface area contributed by atoms with Gasteiger partial charge in [-0.1, -0.05) is 30.3 Å². The number of halogens is 3. The summed E-state index contributed by atoms with van der Waals surface area (Å²) >= 11 is -0.207. The second-order valence-corrected chi connectivity index (χ2v) is 3.97. The predicted octanol–water partition coefficient (Wildman–Crippen LogP) is 3.15. The molecule has 0 saturated carbocycles. The van der Waals surface area contributed by atoms with Crippen LogP contribution in [-0.2, 0) is 9.53 Å². The molecule has 0 spiro atoms. The van der Waals surface area contributed by atoms with E-state index in [1.165, 1.54) is 0 Å². The SMILES string of the molecule is O=COC(CSC(F)(F)F)c1ccccc1. The van der Waals surface area contributed by atoms with E-state index in [2.05, 4.69) is 4.74 Å². The van der Waals surface area contributed by atoms with Crippen LogP contribution < -0.4 is 0 Å². The van der Waals surface area contributed by atoms with Crippen molar-refractivity contribution >= 4 is 18.2 Å². The third kappa shape index (κ3) is 4.57. The zero-order valence-corrected chi connectivity index (χ0v) is 8.92. The Morgan fingerprint density at radius 1 is 1.31 bits per heavy atom. The molecule has 1 atom stereocenters. The van der Waals surface area contributed by atoms with Crippen molar-refractivity contribution in [1.29, 1.82) is 0 Å². The van der Waals surface area contributed by atoms with Crippen molar-refractivity contribution in [3.63, 3.8) is 0 Å². The molecular weight excluding hydrogens is 241 g/mol. The molecule has 88 valence electrons. The first-order valence-corrected chi connectivity index (χ1v) is 5.36. The zero-order chi connectivity index (χ0) is 12.0. The van der Waals surface area contributed by atoms with Crippen LogP contribution in [0.3, 0.4) is 0 Å². The molecule has 6 heteroatoms. The largest absolute Gasteiger partial charge is 0.459 e. The van der Waals surface area contributed by atoms with Gasteiger partial charge in [0, 0.05) is 5.75 Å². The molecule has 1 aromatic rings. The van der Waals surface area contributed by atoms with Crippen LogP contribution in [0.15, 0.2) is 30.3 Å². The number of carbonyl (C=O) groups is 1. The number of hydrogen-bond acceptors (Lipinski definition) is 3. The van der Waals surface area contributed by atoms with Crippen molar-refractivity contribution in [2.75, 3.05) is 5.75 Å². The monoisotopic (exact) mass is 250 g/mol. The normalized spacial score (nSPS) is 13.2. The van der Waals surface area contributed by atoms with Crippen molar-refractivity contribution in [1.82, 2.24) is 0 Å². The molecule has 0 N–H and O–H groups in total. The van der Waals surface area contributed by atoms with Crippen LogP contribution in [0.1, 0.15) is 11.7 Å². The zero-order valence-electron chi connectivity index (χ0n) is 8.11. The Balaban J connectivity index is 2.65. The summed E-state index contributed by atoms with van der Waals surface area (Å²) in [5.41, 5.74) is -3.77. The summed E-state index contributed by atoms with van der Waals surface area (Å²) in [4.78, 5) is 10.2. The van der Waals surface area contributed by atoms with E-state index in [9.17, 15) is 18.0 Å². The van der Waals surface area contributed by atoms with E-state index in [1.807, 2.05) is 0 Å². The molecule has 0 aliphatic carbocycles. The van der Waals surface area contributed by atoms with E-state index in [4.69, 9.17) is 0 Å². The predicted molar refractivity (Wildman–Crippen MR) is 54.8 cm³/mol. The molecule has 16 heavy (non-hydrogen) atoms. The number of benzene rings is 1. The van der Waals surface area contributed by atoms with Crippen molar-refractivity contribution < 1.29 is 22.7 Å². The second kappa shape index (κ2) is 5.79. The van der Waals surface area contributed by atoms with Crippen LogP contribution >= 0.6 is 11.8 Å². The lowest BCUT2D eigenvalue weighted by molar-refractivity contribution is -0.133. The molecule has 0 aliphatic rings. The molecule has 0 fully saturated rings. The molecule has 0 aromatic heterocycles. The second-order valence-electron chi connectivity index (χ2n) is 2.89. The summed E-state index contributed by atoms with van der Waals surface area (Å²) in [6, 6.07) is 8.32. The van der Waals surface area contributed by atoms with E-state index in [0.717, 1.165) is 0 Å². The highest BCUT2D eigenvalue weighted by Crippen LogP contribution is 2.34. The first kappa shape index (κ1) is 12.9. The lowest BCUT2D eigenvalue weighted by Crippen LogP contribution is -2.11. The number of rotatable bonds is 5. The Morgan fingerprint density at radius 3 is 2.44 bits per heavy atom. The average molecular weight is 250 g/mol. The van der Waals surface area contributed by atoms with Crippen molar-refractivity contribution in [3.8, 4) is 0 Å². The molecule has 0 amide bonds. The Morgan fingerprint density at radius 2 is 1.94 bits per heavy atom. The number of ether oxygens (including phenoxy) is 1. The molecule has 0 bridgehead atoms. The van der Waals surface area contributed by atoms with Crippen LogP contribution in [0.2, 0.25) is 0 Å². The average Bonchev–Trinajstić information content (AvgIpc) is 2.24. The molecular formula is C10H9F3O2S. The van der Waals surface area contributed by atoms with E-state index >= 15 is 0 Å². The van der Waals surface area contributed by atoms with E-state index in [1.54, 1.807) is 30.3 Å². The third-order valence-corrected chi connectivity index (χ3v) is 2.59. The summed E-state index contributed by atoms with van der Waals surface area (Å²) in [6.45, 7) is 0.161. The number of carbonyl (C=O) groups excluding carboxylic acids is 1. The Labute approximate surface area is 94.8 Å².